The van der Waals surface area contributed by atoms with E-state index in [2.05, 4.69) is 42.6 Å². The van der Waals surface area contributed by atoms with E-state index in [1.165, 1.54) is 0 Å². The maximum absolute atomic E-state index is 12.7. The topological polar surface area (TPSA) is 41.6 Å². The van der Waals surface area contributed by atoms with Crippen LogP contribution in [0.4, 0.5) is 0 Å². The molecule has 1 amide bonds. The first-order chi connectivity index (χ1) is 13.1. The van der Waals surface area contributed by atoms with Crippen LogP contribution in [0.1, 0.15) is 24.9 Å². The summed E-state index contributed by atoms with van der Waals surface area (Å²) in [4.78, 5) is 14.5. The van der Waals surface area contributed by atoms with Crippen molar-refractivity contribution < 1.29 is 9.53 Å². The van der Waals surface area contributed by atoms with E-state index in [1.54, 1.807) is 7.11 Å². The number of nitrogens with zero attached hydrogens (tertiary/aromatic N) is 1. The molecule has 2 unspecified atom stereocenters. The Hall–Kier alpha value is -1.98. The first-order valence-corrected chi connectivity index (χ1v) is 10.6. The van der Waals surface area contributed by atoms with Gasteiger partial charge in [0.15, 0.2) is 0 Å². The van der Waals surface area contributed by atoms with Gasteiger partial charge in [-0.05, 0) is 24.1 Å². The molecule has 1 heterocycles. The molecule has 0 aromatic heterocycles. The number of ether oxygens (including phenoxy) is 1. The maximum atomic E-state index is 12.7. The van der Waals surface area contributed by atoms with Crippen LogP contribution in [0.5, 0.6) is 5.75 Å². The van der Waals surface area contributed by atoms with Gasteiger partial charge in [0, 0.05) is 43.1 Å². The fourth-order valence-corrected chi connectivity index (χ4v) is 4.32. The second kappa shape index (κ2) is 9.29. The van der Waals surface area contributed by atoms with E-state index in [0.717, 1.165) is 40.5 Å². The molecule has 5 heteroatoms. The molecule has 0 radical (unpaired) electrons. The summed E-state index contributed by atoms with van der Waals surface area (Å²) in [7, 11) is 3.59. The molecular formula is C22H28N2O2S. The standard InChI is InChI=1S/C22H28N2O2S/c1-16(24(2)22(25)14-19-15-27-13-12-23-19)17-8-10-18(11-9-17)20-6-4-5-7-21(20)26-3/h4-11,16,19,23H,12-15H2,1-3H3. The fraction of sp³-hybridized carbons (Fsp3) is 0.409. The van der Waals surface area contributed by atoms with Crippen molar-refractivity contribution in [3.8, 4) is 16.9 Å². The Bertz CT molecular complexity index is 757. The molecular weight excluding hydrogens is 356 g/mol. The predicted molar refractivity (Wildman–Crippen MR) is 113 cm³/mol. The number of carbonyl (C=O) groups excluding carboxylic acids is 1. The van der Waals surface area contributed by atoms with Crippen molar-refractivity contribution >= 4 is 17.7 Å². The molecule has 4 nitrogen and oxygen atoms in total. The normalized spacial score (nSPS) is 18.0. The van der Waals surface area contributed by atoms with Crippen molar-refractivity contribution in [3.05, 3.63) is 54.1 Å². The Balaban J connectivity index is 1.67. The number of thioether (sulfide) groups is 1. The molecule has 1 saturated heterocycles. The fourth-order valence-electron chi connectivity index (χ4n) is 3.37. The lowest BCUT2D eigenvalue weighted by atomic mass is 10.00. The molecule has 0 spiro atoms. The number of carbonyl (C=O) groups is 1. The lowest BCUT2D eigenvalue weighted by molar-refractivity contribution is -0.132. The van der Waals surface area contributed by atoms with Crippen LogP contribution in [0.3, 0.4) is 0 Å². The zero-order valence-electron chi connectivity index (χ0n) is 16.3. The van der Waals surface area contributed by atoms with Crippen LogP contribution in [-0.2, 0) is 4.79 Å². The van der Waals surface area contributed by atoms with E-state index >= 15 is 0 Å². The maximum Gasteiger partial charge on any atom is 0.224 e. The number of para-hydroxylation sites is 1. The second-order valence-electron chi connectivity index (χ2n) is 6.93. The average molecular weight is 385 g/mol. The van der Waals surface area contributed by atoms with Crippen molar-refractivity contribution in [2.75, 3.05) is 32.2 Å². The summed E-state index contributed by atoms with van der Waals surface area (Å²) in [5.41, 5.74) is 3.32. The van der Waals surface area contributed by atoms with Crippen LogP contribution in [0.2, 0.25) is 0 Å². The molecule has 27 heavy (non-hydrogen) atoms. The Labute approximate surface area is 166 Å². The highest BCUT2D eigenvalue weighted by Crippen LogP contribution is 2.31. The second-order valence-corrected chi connectivity index (χ2v) is 8.08. The van der Waals surface area contributed by atoms with Gasteiger partial charge in [-0.15, -0.1) is 0 Å². The molecule has 1 fully saturated rings. The van der Waals surface area contributed by atoms with Gasteiger partial charge in [0.2, 0.25) is 5.91 Å². The summed E-state index contributed by atoms with van der Waals surface area (Å²) in [6, 6.07) is 16.7. The molecule has 0 aliphatic carbocycles. The Kier molecular flexibility index (Phi) is 6.80. The van der Waals surface area contributed by atoms with Crippen LogP contribution >= 0.6 is 11.8 Å². The van der Waals surface area contributed by atoms with Crippen molar-refractivity contribution in [2.45, 2.75) is 25.4 Å². The molecule has 3 rings (SSSR count). The Morgan fingerprint density at radius 2 is 2.00 bits per heavy atom. The number of methoxy groups -OCH3 is 1. The lowest BCUT2D eigenvalue weighted by Crippen LogP contribution is -2.42. The number of benzene rings is 2. The van der Waals surface area contributed by atoms with Crippen molar-refractivity contribution in [1.82, 2.24) is 10.2 Å². The first kappa shape index (κ1) is 19.8. The molecule has 2 aromatic carbocycles. The number of rotatable bonds is 6. The van der Waals surface area contributed by atoms with Crippen molar-refractivity contribution in [2.24, 2.45) is 0 Å². The smallest absolute Gasteiger partial charge is 0.224 e. The van der Waals surface area contributed by atoms with Crippen LogP contribution < -0.4 is 10.1 Å². The van der Waals surface area contributed by atoms with Gasteiger partial charge in [0.1, 0.15) is 5.75 Å². The molecule has 2 atom stereocenters. The van der Waals surface area contributed by atoms with Crippen LogP contribution in [0.15, 0.2) is 48.5 Å². The summed E-state index contributed by atoms with van der Waals surface area (Å²) < 4.78 is 5.46. The lowest BCUT2D eigenvalue weighted by Gasteiger charge is -2.29. The van der Waals surface area contributed by atoms with Crippen LogP contribution in [0, 0.1) is 0 Å². The SMILES string of the molecule is COc1ccccc1-c1ccc(C(C)N(C)C(=O)CC2CSCCN2)cc1. The van der Waals surface area contributed by atoms with Gasteiger partial charge in [-0.25, -0.2) is 0 Å². The van der Waals surface area contributed by atoms with Crippen LogP contribution in [0.25, 0.3) is 11.1 Å². The number of hydrogen-bond acceptors (Lipinski definition) is 4. The van der Waals surface area contributed by atoms with Gasteiger partial charge >= 0.3 is 0 Å². The zero-order valence-corrected chi connectivity index (χ0v) is 17.1. The summed E-state index contributed by atoms with van der Waals surface area (Å²) in [6.07, 6.45) is 0.563. The van der Waals surface area contributed by atoms with Gasteiger partial charge < -0.3 is 15.0 Å². The van der Waals surface area contributed by atoms with Gasteiger partial charge in [0.25, 0.3) is 0 Å². The third-order valence-electron chi connectivity index (χ3n) is 5.20. The van der Waals surface area contributed by atoms with E-state index in [-0.39, 0.29) is 11.9 Å². The molecule has 1 N–H and O–H groups in total. The minimum Gasteiger partial charge on any atom is -0.496 e. The third kappa shape index (κ3) is 4.85. The highest BCUT2D eigenvalue weighted by atomic mass is 32.2. The predicted octanol–water partition coefficient (Wildman–Crippen LogP) is 3.98. The van der Waals surface area contributed by atoms with Gasteiger partial charge in [-0.3, -0.25) is 4.79 Å². The Morgan fingerprint density at radius 1 is 1.26 bits per heavy atom. The number of nitrogens with one attached hydrogen (secondary N) is 1. The van der Waals surface area contributed by atoms with E-state index < -0.39 is 0 Å². The van der Waals surface area contributed by atoms with Gasteiger partial charge in [0.05, 0.1) is 13.2 Å². The Morgan fingerprint density at radius 3 is 2.67 bits per heavy atom. The molecule has 1 aliphatic heterocycles. The van der Waals surface area contributed by atoms with Gasteiger partial charge in [-0.2, -0.15) is 11.8 Å². The zero-order chi connectivity index (χ0) is 19.2. The summed E-state index contributed by atoms with van der Waals surface area (Å²) in [5.74, 6) is 3.21. The van der Waals surface area contributed by atoms with Crippen molar-refractivity contribution in [3.63, 3.8) is 0 Å². The molecule has 144 valence electrons. The highest BCUT2D eigenvalue weighted by molar-refractivity contribution is 7.99. The molecule has 2 aromatic rings. The van der Waals surface area contributed by atoms with Crippen molar-refractivity contribution in [1.29, 1.82) is 0 Å². The molecule has 0 bridgehead atoms. The van der Waals surface area contributed by atoms with E-state index in [4.69, 9.17) is 4.74 Å². The van der Waals surface area contributed by atoms with E-state index in [0.29, 0.717) is 12.5 Å². The van der Waals surface area contributed by atoms with Gasteiger partial charge in [-0.1, -0.05) is 42.5 Å². The summed E-state index contributed by atoms with van der Waals surface area (Å²) in [6.45, 7) is 3.07. The average Bonchev–Trinajstić information content (AvgIpc) is 2.73. The van der Waals surface area contributed by atoms with E-state index in [9.17, 15) is 4.79 Å². The third-order valence-corrected chi connectivity index (χ3v) is 6.34. The minimum atomic E-state index is 0.0421. The molecule has 1 aliphatic rings. The minimum absolute atomic E-state index is 0.0421. The molecule has 0 saturated carbocycles. The van der Waals surface area contributed by atoms with E-state index in [1.807, 2.05) is 41.9 Å². The largest absolute Gasteiger partial charge is 0.496 e. The summed E-state index contributed by atoms with van der Waals surface area (Å²) >= 11 is 1.92. The number of hydrogen-bond donors (Lipinski definition) is 1. The van der Waals surface area contributed by atoms with Crippen LogP contribution in [-0.4, -0.2) is 49.1 Å². The number of amides is 1. The summed E-state index contributed by atoms with van der Waals surface area (Å²) in [5, 5.41) is 3.44. The quantitative estimate of drug-likeness (QED) is 0.818. The highest BCUT2D eigenvalue weighted by Gasteiger charge is 2.22. The monoisotopic (exact) mass is 384 g/mol. The first-order valence-electron chi connectivity index (χ1n) is 9.40.